The summed E-state index contributed by atoms with van der Waals surface area (Å²) in [5.74, 6) is -0.603. The lowest BCUT2D eigenvalue weighted by atomic mass is 9.82. The summed E-state index contributed by atoms with van der Waals surface area (Å²) >= 11 is 0. The minimum absolute atomic E-state index is 0.126. The van der Waals surface area contributed by atoms with Crippen LogP contribution in [0.5, 0.6) is 0 Å². The number of fused-ring (bicyclic) bond motifs is 4. The van der Waals surface area contributed by atoms with Crippen LogP contribution >= 0.6 is 0 Å². The molecule has 3 aliphatic heterocycles. The highest BCUT2D eigenvalue weighted by Gasteiger charge is 2.49. The van der Waals surface area contributed by atoms with E-state index in [9.17, 15) is 9.90 Å². The van der Waals surface area contributed by atoms with E-state index >= 15 is 0 Å². The SMILES string of the molecule is CC[C@@]1(O)C(=O)OCC2=C1C=C1c3nc4ccccc4cc3CN1C2OC. The van der Waals surface area contributed by atoms with Crippen LogP contribution in [0.4, 0.5) is 0 Å². The molecule has 6 heteroatoms. The number of benzene rings is 1. The summed E-state index contributed by atoms with van der Waals surface area (Å²) in [5.41, 5.74) is 3.51. The third-order valence-corrected chi connectivity index (χ3v) is 5.78. The van der Waals surface area contributed by atoms with Gasteiger partial charge in [0.2, 0.25) is 0 Å². The Morgan fingerprint density at radius 1 is 1.41 bits per heavy atom. The molecule has 138 valence electrons. The molecule has 5 rings (SSSR count). The van der Waals surface area contributed by atoms with Crippen molar-refractivity contribution in [2.45, 2.75) is 31.7 Å². The molecule has 1 N–H and O–H groups in total. The normalized spacial score (nSPS) is 26.5. The van der Waals surface area contributed by atoms with E-state index in [4.69, 9.17) is 14.5 Å². The molecule has 0 saturated heterocycles. The fourth-order valence-electron chi connectivity index (χ4n) is 4.33. The van der Waals surface area contributed by atoms with Crippen LogP contribution in [0, 0.1) is 0 Å². The van der Waals surface area contributed by atoms with Gasteiger partial charge in [-0.05, 0) is 30.2 Å². The lowest BCUT2D eigenvalue weighted by molar-refractivity contribution is -0.164. The van der Waals surface area contributed by atoms with Gasteiger partial charge in [-0.3, -0.25) is 0 Å². The van der Waals surface area contributed by atoms with E-state index in [1.165, 1.54) is 0 Å². The van der Waals surface area contributed by atoms with Crippen molar-refractivity contribution in [2.24, 2.45) is 0 Å². The first-order valence-corrected chi connectivity index (χ1v) is 9.10. The Balaban J connectivity index is 1.73. The molecule has 0 amide bonds. The zero-order chi connectivity index (χ0) is 18.8. The van der Waals surface area contributed by atoms with Crippen LogP contribution < -0.4 is 0 Å². The molecule has 1 aromatic carbocycles. The van der Waals surface area contributed by atoms with Gasteiger partial charge in [0.25, 0.3) is 0 Å². The molecule has 0 saturated carbocycles. The van der Waals surface area contributed by atoms with Crippen molar-refractivity contribution in [1.29, 1.82) is 0 Å². The first-order valence-electron chi connectivity index (χ1n) is 9.10. The number of pyridine rings is 1. The van der Waals surface area contributed by atoms with Crippen molar-refractivity contribution >= 4 is 22.6 Å². The minimum atomic E-state index is -1.65. The zero-order valence-electron chi connectivity index (χ0n) is 15.2. The predicted molar refractivity (Wildman–Crippen MR) is 99.3 cm³/mol. The third-order valence-electron chi connectivity index (χ3n) is 5.78. The number of ether oxygens (including phenoxy) is 2. The van der Waals surface area contributed by atoms with E-state index in [1.54, 1.807) is 14.0 Å². The summed E-state index contributed by atoms with van der Waals surface area (Å²) in [5, 5.41) is 12.1. The molecule has 0 bridgehead atoms. The Bertz CT molecular complexity index is 1040. The van der Waals surface area contributed by atoms with Crippen molar-refractivity contribution in [3.8, 4) is 0 Å². The second kappa shape index (κ2) is 5.65. The van der Waals surface area contributed by atoms with Crippen molar-refractivity contribution < 1.29 is 19.4 Å². The molecule has 6 nitrogen and oxygen atoms in total. The molecule has 4 heterocycles. The number of methoxy groups -OCH3 is 1. The molecule has 0 fully saturated rings. The van der Waals surface area contributed by atoms with Crippen LogP contribution in [0.15, 0.2) is 47.6 Å². The maximum Gasteiger partial charge on any atom is 0.343 e. The molecule has 2 aromatic rings. The van der Waals surface area contributed by atoms with Gasteiger partial charge in [0.05, 0.1) is 16.9 Å². The number of aliphatic hydroxyl groups is 1. The number of carbonyl (C=O) groups is 1. The summed E-state index contributed by atoms with van der Waals surface area (Å²) in [4.78, 5) is 19.3. The van der Waals surface area contributed by atoms with Crippen molar-refractivity contribution in [2.75, 3.05) is 13.7 Å². The van der Waals surface area contributed by atoms with Crippen LogP contribution in [0.2, 0.25) is 0 Å². The predicted octanol–water partition coefficient (Wildman–Crippen LogP) is 2.37. The van der Waals surface area contributed by atoms with E-state index in [1.807, 2.05) is 30.3 Å². The second-order valence-corrected chi connectivity index (χ2v) is 7.16. The summed E-state index contributed by atoms with van der Waals surface area (Å²) in [7, 11) is 1.63. The summed E-state index contributed by atoms with van der Waals surface area (Å²) < 4.78 is 11.0. The number of rotatable bonds is 2. The van der Waals surface area contributed by atoms with Crippen LogP contribution in [-0.4, -0.2) is 46.5 Å². The number of para-hydroxylation sites is 1. The number of aromatic nitrogens is 1. The van der Waals surface area contributed by atoms with Gasteiger partial charge < -0.3 is 19.5 Å². The average Bonchev–Trinajstić information content (AvgIpc) is 3.04. The molecule has 27 heavy (non-hydrogen) atoms. The number of hydrogen-bond acceptors (Lipinski definition) is 6. The fourth-order valence-corrected chi connectivity index (χ4v) is 4.33. The van der Waals surface area contributed by atoms with Gasteiger partial charge in [-0.15, -0.1) is 0 Å². The van der Waals surface area contributed by atoms with Gasteiger partial charge in [0.1, 0.15) is 6.61 Å². The highest BCUT2D eigenvalue weighted by Crippen LogP contribution is 2.45. The maximum absolute atomic E-state index is 12.3. The molecule has 1 unspecified atom stereocenters. The monoisotopic (exact) mass is 364 g/mol. The molecule has 2 atom stereocenters. The van der Waals surface area contributed by atoms with Crippen LogP contribution in [-0.2, 0) is 20.8 Å². The quantitative estimate of drug-likeness (QED) is 0.825. The standard InChI is InChI=1S/C21H20N2O4/c1-3-21(25)15-9-17-18-13(8-12-6-4-5-7-16(12)22-18)10-23(17)19(26-2)14(15)11-27-20(21)24/h4-9,19,25H,3,10-11H2,1-2H3/t19?,21-/m0/s1. The molecule has 1 aromatic heterocycles. The van der Waals surface area contributed by atoms with E-state index in [0.717, 1.165) is 33.4 Å². The Morgan fingerprint density at radius 3 is 3.00 bits per heavy atom. The number of hydrogen-bond donors (Lipinski definition) is 1. The van der Waals surface area contributed by atoms with Crippen LogP contribution in [0.1, 0.15) is 24.6 Å². The third kappa shape index (κ3) is 2.14. The summed E-state index contributed by atoms with van der Waals surface area (Å²) in [6, 6.07) is 10.2. The van der Waals surface area contributed by atoms with Crippen molar-refractivity contribution in [3.05, 3.63) is 58.8 Å². The maximum atomic E-state index is 12.3. The second-order valence-electron chi connectivity index (χ2n) is 7.16. The molecule has 3 aliphatic rings. The van der Waals surface area contributed by atoms with E-state index in [2.05, 4.69) is 11.0 Å². The molecular weight excluding hydrogens is 344 g/mol. The Morgan fingerprint density at radius 2 is 2.22 bits per heavy atom. The van der Waals surface area contributed by atoms with Crippen LogP contribution in [0.25, 0.3) is 16.6 Å². The first-order chi connectivity index (χ1) is 13.1. The molecule has 0 aliphatic carbocycles. The Labute approximate surface area is 156 Å². The number of cyclic esters (lactones) is 1. The highest BCUT2D eigenvalue weighted by atomic mass is 16.6. The van der Waals surface area contributed by atoms with E-state index < -0.39 is 17.8 Å². The smallest absolute Gasteiger partial charge is 0.343 e. The van der Waals surface area contributed by atoms with Crippen molar-refractivity contribution in [1.82, 2.24) is 9.88 Å². The fraction of sp³-hybridized carbons (Fsp3) is 0.333. The number of nitrogens with zero attached hydrogens (tertiary/aromatic N) is 2. The largest absolute Gasteiger partial charge is 0.459 e. The van der Waals surface area contributed by atoms with Gasteiger partial charge in [-0.25, -0.2) is 9.78 Å². The van der Waals surface area contributed by atoms with Crippen molar-refractivity contribution in [3.63, 3.8) is 0 Å². The van der Waals surface area contributed by atoms with Gasteiger partial charge >= 0.3 is 5.97 Å². The van der Waals surface area contributed by atoms with E-state index in [0.29, 0.717) is 12.1 Å². The minimum Gasteiger partial charge on any atom is -0.459 e. The van der Waals surface area contributed by atoms with Gasteiger partial charge in [-0.1, -0.05) is 25.1 Å². The van der Waals surface area contributed by atoms with Gasteiger partial charge in [0, 0.05) is 30.2 Å². The topological polar surface area (TPSA) is 71.9 Å². The average molecular weight is 364 g/mol. The van der Waals surface area contributed by atoms with E-state index in [-0.39, 0.29) is 13.0 Å². The molecule has 0 radical (unpaired) electrons. The Hall–Kier alpha value is -2.70. The summed E-state index contributed by atoms with van der Waals surface area (Å²) in [6.45, 7) is 2.56. The van der Waals surface area contributed by atoms with Crippen LogP contribution in [0.3, 0.4) is 0 Å². The number of carbonyl (C=O) groups excluding carboxylic acids is 1. The summed E-state index contributed by atoms with van der Waals surface area (Å²) in [6.07, 6.45) is 1.73. The van der Waals surface area contributed by atoms with Gasteiger partial charge in [-0.2, -0.15) is 0 Å². The molecular formula is C21H20N2O4. The highest BCUT2D eigenvalue weighted by molar-refractivity contribution is 5.90. The lowest BCUT2D eigenvalue weighted by Crippen LogP contribution is -2.50. The molecule has 0 spiro atoms. The number of esters is 1. The lowest BCUT2D eigenvalue weighted by Gasteiger charge is -2.42. The van der Waals surface area contributed by atoms with Gasteiger partial charge in [0.15, 0.2) is 11.8 Å². The zero-order valence-corrected chi connectivity index (χ0v) is 15.2. The Kier molecular flexibility index (Phi) is 3.44. The first kappa shape index (κ1) is 16.5.